The Kier molecular flexibility index (Phi) is 8.91. The van der Waals surface area contributed by atoms with Gasteiger partial charge in [-0.1, -0.05) is 54.7 Å². The quantitative estimate of drug-likeness (QED) is 0.283. The van der Waals surface area contributed by atoms with E-state index in [-0.39, 0.29) is 37.1 Å². The van der Waals surface area contributed by atoms with Crippen molar-refractivity contribution in [1.82, 2.24) is 4.90 Å². The summed E-state index contributed by atoms with van der Waals surface area (Å²) in [5.41, 5.74) is -0.345. The number of para-hydroxylation sites is 1. The zero-order valence-electron chi connectivity index (χ0n) is 20.1. The van der Waals surface area contributed by atoms with Crippen molar-refractivity contribution < 1.29 is 27.5 Å². The van der Waals surface area contributed by atoms with Gasteiger partial charge in [0.25, 0.3) is 5.91 Å². The topological polar surface area (TPSA) is 58.6 Å². The molecule has 0 spiro atoms. The van der Waals surface area contributed by atoms with Gasteiger partial charge in [-0.25, -0.2) is 0 Å². The van der Waals surface area contributed by atoms with Crippen LogP contribution in [0.5, 0.6) is 5.75 Å². The highest BCUT2D eigenvalue weighted by Crippen LogP contribution is 2.35. The van der Waals surface area contributed by atoms with E-state index in [9.17, 15) is 22.8 Å². The minimum absolute atomic E-state index is 0.0508. The van der Waals surface area contributed by atoms with Crippen molar-refractivity contribution in [3.05, 3.63) is 64.6 Å². The largest absolute Gasteiger partial charge is 0.490 e. The third-order valence-electron chi connectivity index (χ3n) is 6.20. The predicted molar refractivity (Wildman–Crippen MR) is 143 cm³/mol. The number of carbonyl (C=O) groups excluding carboxylic acids is 2. The molecule has 2 aromatic carbocycles. The normalized spacial score (nSPS) is 17.9. The van der Waals surface area contributed by atoms with Gasteiger partial charge >= 0.3 is 6.18 Å². The van der Waals surface area contributed by atoms with Gasteiger partial charge < -0.3 is 10.1 Å². The third kappa shape index (κ3) is 7.35. The summed E-state index contributed by atoms with van der Waals surface area (Å²) >= 11 is 6.53. The number of halogens is 3. The number of ether oxygens (including phenoxy) is 1. The Morgan fingerprint density at radius 2 is 1.81 bits per heavy atom. The second-order valence-corrected chi connectivity index (χ2v) is 10.7. The Labute approximate surface area is 223 Å². The lowest BCUT2D eigenvalue weighted by Gasteiger charge is -2.22. The number of alkyl halides is 3. The fourth-order valence-electron chi connectivity index (χ4n) is 4.31. The number of hydrogen-bond acceptors (Lipinski definition) is 5. The lowest BCUT2D eigenvalue weighted by molar-refractivity contribution is -0.137. The van der Waals surface area contributed by atoms with Gasteiger partial charge in [0.2, 0.25) is 5.91 Å². The molecule has 10 heteroatoms. The Hall–Kier alpha value is -2.85. The van der Waals surface area contributed by atoms with Crippen LogP contribution in [-0.2, 0) is 15.8 Å². The van der Waals surface area contributed by atoms with Crippen LogP contribution in [0, 0.1) is 0 Å². The average Bonchev–Trinajstić information content (AvgIpc) is 3.13. The van der Waals surface area contributed by atoms with Gasteiger partial charge in [-0.15, -0.1) is 0 Å². The van der Waals surface area contributed by atoms with Crippen molar-refractivity contribution in [2.24, 2.45) is 0 Å². The number of nitrogens with one attached hydrogen (secondary N) is 1. The van der Waals surface area contributed by atoms with Crippen LogP contribution in [0.25, 0.3) is 6.08 Å². The van der Waals surface area contributed by atoms with Crippen LogP contribution in [0.1, 0.15) is 56.1 Å². The summed E-state index contributed by atoms with van der Waals surface area (Å²) in [5, 5.41) is 2.31. The SMILES string of the molecule is O=C(CCCN1C(=O)/C(=C/c2ccc(OC3CCCCC3)cc2)SC1=S)Nc1ccccc1C(F)(F)F. The number of amides is 2. The Morgan fingerprint density at radius 1 is 1.11 bits per heavy atom. The summed E-state index contributed by atoms with van der Waals surface area (Å²) in [6, 6.07) is 12.4. The van der Waals surface area contributed by atoms with Gasteiger partial charge in [-0.3, -0.25) is 14.5 Å². The number of hydrogen-bond donors (Lipinski definition) is 1. The summed E-state index contributed by atoms with van der Waals surface area (Å²) in [7, 11) is 0. The van der Waals surface area contributed by atoms with Crippen molar-refractivity contribution in [3.8, 4) is 5.75 Å². The molecule has 2 aliphatic rings. The van der Waals surface area contributed by atoms with Crippen molar-refractivity contribution in [3.63, 3.8) is 0 Å². The monoisotopic (exact) mass is 548 g/mol. The highest BCUT2D eigenvalue weighted by atomic mass is 32.2. The number of nitrogens with zero attached hydrogens (tertiary/aromatic N) is 1. The van der Waals surface area contributed by atoms with Crippen LogP contribution in [0.4, 0.5) is 18.9 Å². The smallest absolute Gasteiger partial charge is 0.418 e. The lowest BCUT2D eigenvalue weighted by Crippen LogP contribution is -2.29. The predicted octanol–water partition coefficient (Wildman–Crippen LogP) is 7.04. The van der Waals surface area contributed by atoms with Gasteiger partial charge in [0.1, 0.15) is 10.1 Å². The molecule has 1 saturated carbocycles. The molecule has 1 heterocycles. The highest BCUT2D eigenvalue weighted by Gasteiger charge is 2.34. The van der Waals surface area contributed by atoms with Crippen molar-refractivity contribution >= 4 is 51.9 Å². The molecule has 0 atom stereocenters. The van der Waals surface area contributed by atoms with Crippen LogP contribution in [0.2, 0.25) is 0 Å². The molecule has 5 nitrogen and oxygen atoms in total. The third-order valence-corrected chi connectivity index (χ3v) is 7.58. The van der Waals surface area contributed by atoms with Gasteiger partial charge in [-0.2, -0.15) is 13.2 Å². The standard InChI is InChI=1S/C27H27F3N2O3S2/c28-27(29,30)21-9-4-5-10-22(21)31-24(33)11-6-16-32-25(34)23(37-26(32)36)17-18-12-14-20(15-13-18)35-19-7-2-1-3-8-19/h4-5,9-10,12-15,17,19H,1-3,6-8,11,16H2,(H,31,33)/b23-17-. The molecule has 0 aromatic heterocycles. The fourth-order valence-corrected chi connectivity index (χ4v) is 5.62. The number of benzene rings is 2. The Morgan fingerprint density at radius 3 is 2.51 bits per heavy atom. The van der Waals surface area contributed by atoms with Gasteiger partial charge in [-0.05, 0) is 68.0 Å². The first kappa shape index (κ1) is 27.2. The number of rotatable bonds is 8. The van der Waals surface area contributed by atoms with E-state index >= 15 is 0 Å². The molecule has 0 bridgehead atoms. The molecule has 196 valence electrons. The van der Waals surface area contributed by atoms with E-state index in [0.717, 1.165) is 30.2 Å². The molecular weight excluding hydrogens is 521 g/mol. The van der Waals surface area contributed by atoms with Gasteiger partial charge in [0.15, 0.2) is 0 Å². The van der Waals surface area contributed by atoms with Crippen LogP contribution in [0.3, 0.4) is 0 Å². The molecule has 4 rings (SSSR count). The average molecular weight is 549 g/mol. The molecule has 2 fully saturated rings. The van der Waals surface area contributed by atoms with Gasteiger partial charge in [0.05, 0.1) is 22.3 Å². The van der Waals surface area contributed by atoms with E-state index in [2.05, 4.69) is 5.32 Å². The maximum atomic E-state index is 13.1. The molecule has 0 radical (unpaired) electrons. The second-order valence-electron chi connectivity index (χ2n) is 8.98. The van der Waals surface area contributed by atoms with Crippen molar-refractivity contribution in [1.29, 1.82) is 0 Å². The van der Waals surface area contributed by atoms with Crippen LogP contribution in [0.15, 0.2) is 53.4 Å². The zero-order chi connectivity index (χ0) is 26.4. The second kappa shape index (κ2) is 12.1. The molecule has 0 unspecified atom stereocenters. The maximum Gasteiger partial charge on any atom is 0.418 e. The molecule has 1 N–H and O–H groups in total. The molecule has 1 saturated heterocycles. The Bertz CT molecular complexity index is 1180. The van der Waals surface area contributed by atoms with E-state index in [1.807, 2.05) is 24.3 Å². The first-order valence-electron chi connectivity index (χ1n) is 12.2. The molecule has 2 aromatic rings. The zero-order valence-corrected chi connectivity index (χ0v) is 21.7. The lowest BCUT2D eigenvalue weighted by atomic mass is 9.98. The minimum atomic E-state index is -4.57. The Balaban J connectivity index is 1.28. The number of thiocarbonyl (C=S) groups is 1. The summed E-state index contributed by atoms with van der Waals surface area (Å²) in [5.74, 6) is 0.00121. The molecule has 37 heavy (non-hydrogen) atoms. The summed E-state index contributed by atoms with van der Waals surface area (Å²) < 4.78 is 45.8. The molecule has 1 aliphatic carbocycles. The summed E-state index contributed by atoms with van der Waals surface area (Å²) in [4.78, 5) is 27.0. The number of carbonyl (C=O) groups is 2. The maximum absolute atomic E-state index is 13.1. The van der Waals surface area contributed by atoms with Crippen LogP contribution < -0.4 is 10.1 Å². The molecule has 2 amide bonds. The van der Waals surface area contributed by atoms with Crippen molar-refractivity contribution in [2.75, 3.05) is 11.9 Å². The first-order valence-corrected chi connectivity index (χ1v) is 13.4. The fraction of sp³-hybridized carbons (Fsp3) is 0.370. The van der Waals surface area contributed by atoms with E-state index in [4.69, 9.17) is 17.0 Å². The summed E-state index contributed by atoms with van der Waals surface area (Å²) in [6.45, 7) is 0.199. The summed E-state index contributed by atoms with van der Waals surface area (Å²) in [6.07, 6.45) is 3.48. The van der Waals surface area contributed by atoms with Crippen LogP contribution in [-0.4, -0.2) is 33.7 Å². The van der Waals surface area contributed by atoms with Crippen molar-refractivity contribution in [2.45, 2.75) is 57.2 Å². The molecule has 1 aliphatic heterocycles. The first-order chi connectivity index (χ1) is 17.7. The van der Waals surface area contributed by atoms with E-state index in [1.165, 1.54) is 54.1 Å². The van der Waals surface area contributed by atoms with Crippen LogP contribution >= 0.6 is 24.0 Å². The van der Waals surface area contributed by atoms with E-state index in [1.54, 1.807) is 6.08 Å². The highest BCUT2D eigenvalue weighted by molar-refractivity contribution is 8.26. The molecular formula is C27H27F3N2O3S2. The van der Waals surface area contributed by atoms with E-state index in [0.29, 0.717) is 9.23 Å². The van der Waals surface area contributed by atoms with Gasteiger partial charge in [0, 0.05) is 13.0 Å². The number of anilines is 1. The van der Waals surface area contributed by atoms with E-state index < -0.39 is 17.6 Å². The minimum Gasteiger partial charge on any atom is -0.490 e. The number of thioether (sulfide) groups is 1.